The van der Waals surface area contributed by atoms with E-state index >= 15 is 0 Å². The van der Waals surface area contributed by atoms with Crippen molar-refractivity contribution >= 4 is 18.1 Å². The highest BCUT2D eigenvalue weighted by Crippen LogP contribution is 2.25. The minimum atomic E-state index is 0. The Balaban J connectivity index is 0.00000112. The zero-order valence-corrected chi connectivity index (χ0v) is 9.42. The predicted octanol–water partition coefficient (Wildman–Crippen LogP) is 3.67. The summed E-state index contributed by atoms with van der Waals surface area (Å²) in [6.07, 6.45) is 0. The van der Waals surface area contributed by atoms with Gasteiger partial charge in [0.05, 0.1) is 0 Å². The molecule has 2 aromatic rings. The molecule has 15 heavy (non-hydrogen) atoms. The summed E-state index contributed by atoms with van der Waals surface area (Å²) in [4.78, 5) is 0. The number of nitrogens with two attached hydrogens (primary N) is 1. The fourth-order valence-corrected chi connectivity index (χ4v) is 1.49. The van der Waals surface area contributed by atoms with E-state index in [-0.39, 0.29) is 12.4 Å². The SMILES string of the molecule is Cc1ccc(-c2ccccc2N)cc1.Cl. The van der Waals surface area contributed by atoms with E-state index in [1.54, 1.807) is 0 Å². The molecule has 0 bridgehead atoms. The molecule has 2 N–H and O–H groups in total. The largest absolute Gasteiger partial charge is 0.398 e. The second kappa shape index (κ2) is 4.85. The van der Waals surface area contributed by atoms with Crippen LogP contribution in [0.1, 0.15) is 5.56 Å². The number of nitrogen functional groups attached to an aromatic ring is 1. The average Bonchev–Trinajstić information content (AvgIpc) is 2.20. The maximum atomic E-state index is 5.89. The van der Waals surface area contributed by atoms with Gasteiger partial charge in [0.15, 0.2) is 0 Å². The zero-order chi connectivity index (χ0) is 9.97. The van der Waals surface area contributed by atoms with Gasteiger partial charge in [0, 0.05) is 11.3 Å². The molecule has 0 amide bonds. The topological polar surface area (TPSA) is 26.0 Å². The van der Waals surface area contributed by atoms with E-state index < -0.39 is 0 Å². The van der Waals surface area contributed by atoms with Crippen LogP contribution < -0.4 is 5.73 Å². The van der Waals surface area contributed by atoms with Crippen molar-refractivity contribution < 1.29 is 0 Å². The number of para-hydroxylation sites is 1. The van der Waals surface area contributed by atoms with Crippen LogP contribution in [0.25, 0.3) is 11.1 Å². The van der Waals surface area contributed by atoms with Crippen molar-refractivity contribution in [3.05, 3.63) is 54.1 Å². The van der Waals surface area contributed by atoms with Crippen molar-refractivity contribution in [3.63, 3.8) is 0 Å². The lowest BCUT2D eigenvalue weighted by atomic mass is 10.0. The van der Waals surface area contributed by atoms with Gasteiger partial charge in [0.1, 0.15) is 0 Å². The summed E-state index contributed by atoms with van der Waals surface area (Å²) in [5, 5.41) is 0. The van der Waals surface area contributed by atoms with Gasteiger partial charge in [-0.1, -0.05) is 48.0 Å². The molecule has 1 nitrogen and oxygen atoms in total. The molecule has 2 aromatic carbocycles. The number of halogens is 1. The van der Waals surface area contributed by atoms with Crippen molar-refractivity contribution in [1.29, 1.82) is 0 Å². The summed E-state index contributed by atoms with van der Waals surface area (Å²) in [6.45, 7) is 2.08. The van der Waals surface area contributed by atoms with Gasteiger partial charge in [-0.3, -0.25) is 0 Å². The Morgan fingerprint density at radius 1 is 0.867 bits per heavy atom. The zero-order valence-electron chi connectivity index (χ0n) is 8.60. The summed E-state index contributed by atoms with van der Waals surface area (Å²) in [5.74, 6) is 0. The summed E-state index contributed by atoms with van der Waals surface area (Å²) in [6, 6.07) is 16.3. The third-order valence-corrected chi connectivity index (χ3v) is 2.32. The van der Waals surface area contributed by atoms with Crippen molar-refractivity contribution in [3.8, 4) is 11.1 Å². The first-order chi connectivity index (χ1) is 6.77. The van der Waals surface area contributed by atoms with Crippen LogP contribution in [0.2, 0.25) is 0 Å². The second-order valence-electron chi connectivity index (χ2n) is 3.45. The Kier molecular flexibility index (Phi) is 3.75. The third kappa shape index (κ3) is 2.51. The van der Waals surface area contributed by atoms with Gasteiger partial charge >= 0.3 is 0 Å². The van der Waals surface area contributed by atoms with Crippen LogP contribution in [0.5, 0.6) is 0 Å². The maximum Gasteiger partial charge on any atom is 0.0393 e. The van der Waals surface area contributed by atoms with Gasteiger partial charge in [-0.15, -0.1) is 12.4 Å². The molecular formula is C13H14ClN. The van der Waals surface area contributed by atoms with Crippen LogP contribution in [-0.4, -0.2) is 0 Å². The Morgan fingerprint density at radius 3 is 2.07 bits per heavy atom. The smallest absolute Gasteiger partial charge is 0.0393 e. The highest BCUT2D eigenvalue weighted by atomic mass is 35.5. The highest BCUT2D eigenvalue weighted by molar-refractivity contribution is 5.85. The normalized spacial score (nSPS) is 9.40. The third-order valence-electron chi connectivity index (χ3n) is 2.32. The molecule has 0 aliphatic carbocycles. The predicted molar refractivity (Wildman–Crippen MR) is 68.3 cm³/mol. The van der Waals surface area contributed by atoms with Crippen LogP contribution in [-0.2, 0) is 0 Å². The number of hydrogen-bond donors (Lipinski definition) is 1. The van der Waals surface area contributed by atoms with Gasteiger partial charge in [0.2, 0.25) is 0 Å². The molecule has 0 heterocycles. The fraction of sp³-hybridized carbons (Fsp3) is 0.0769. The average molecular weight is 220 g/mol. The highest BCUT2D eigenvalue weighted by Gasteiger charge is 1.99. The van der Waals surface area contributed by atoms with E-state index in [1.165, 1.54) is 11.1 Å². The van der Waals surface area contributed by atoms with Crippen LogP contribution in [0.3, 0.4) is 0 Å². The molecule has 0 atom stereocenters. The minimum absolute atomic E-state index is 0. The lowest BCUT2D eigenvalue weighted by molar-refractivity contribution is 1.47. The van der Waals surface area contributed by atoms with E-state index in [2.05, 4.69) is 31.2 Å². The maximum absolute atomic E-state index is 5.89. The Bertz CT molecular complexity index is 435. The molecule has 0 fully saturated rings. The molecule has 0 saturated heterocycles. The summed E-state index contributed by atoms with van der Waals surface area (Å²) in [7, 11) is 0. The van der Waals surface area contributed by atoms with Crippen molar-refractivity contribution in [1.82, 2.24) is 0 Å². The first-order valence-corrected chi connectivity index (χ1v) is 4.69. The second-order valence-corrected chi connectivity index (χ2v) is 3.45. The summed E-state index contributed by atoms with van der Waals surface area (Å²) in [5.41, 5.74) is 10.3. The number of anilines is 1. The number of rotatable bonds is 1. The Hall–Kier alpha value is -1.47. The van der Waals surface area contributed by atoms with Gasteiger partial charge in [-0.25, -0.2) is 0 Å². The van der Waals surface area contributed by atoms with E-state index in [4.69, 9.17) is 5.73 Å². The molecule has 0 unspecified atom stereocenters. The Labute approximate surface area is 96.3 Å². The van der Waals surface area contributed by atoms with Crippen LogP contribution in [0.4, 0.5) is 5.69 Å². The first-order valence-electron chi connectivity index (χ1n) is 4.69. The molecule has 0 aliphatic rings. The van der Waals surface area contributed by atoms with Gasteiger partial charge in [0.25, 0.3) is 0 Å². The molecule has 78 valence electrons. The summed E-state index contributed by atoms with van der Waals surface area (Å²) < 4.78 is 0. The molecule has 0 spiro atoms. The number of hydrogen-bond acceptors (Lipinski definition) is 1. The molecule has 0 radical (unpaired) electrons. The lowest BCUT2D eigenvalue weighted by Crippen LogP contribution is -1.88. The van der Waals surface area contributed by atoms with Crippen LogP contribution in [0, 0.1) is 6.92 Å². The molecular weight excluding hydrogens is 206 g/mol. The van der Waals surface area contributed by atoms with Crippen molar-refractivity contribution in [2.75, 3.05) is 5.73 Å². The molecule has 2 rings (SSSR count). The monoisotopic (exact) mass is 219 g/mol. The molecule has 0 aromatic heterocycles. The lowest BCUT2D eigenvalue weighted by Gasteiger charge is -2.05. The molecule has 2 heteroatoms. The summed E-state index contributed by atoms with van der Waals surface area (Å²) >= 11 is 0. The quantitative estimate of drug-likeness (QED) is 0.728. The van der Waals surface area contributed by atoms with E-state index in [0.717, 1.165) is 11.3 Å². The standard InChI is InChI=1S/C13H13N.ClH/c1-10-6-8-11(9-7-10)12-4-2-3-5-13(12)14;/h2-9H,14H2,1H3;1H. The molecule has 0 aliphatic heterocycles. The van der Waals surface area contributed by atoms with Crippen molar-refractivity contribution in [2.24, 2.45) is 0 Å². The van der Waals surface area contributed by atoms with Crippen LogP contribution in [0.15, 0.2) is 48.5 Å². The Morgan fingerprint density at radius 2 is 1.47 bits per heavy atom. The van der Waals surface area contributed by atoms with Crippen molar-refractivity contribution in [2.45, 2.75) is 6.92 Å². The molecule has 0 saturated carbocycles. The minimum Gasteiger partial charge on any atom is -0.398 e. The van der Waals surface area contributed by atoms with Crippen LogP contribution >= 0.6 is 12.4 Å². The van der Waals surface area contributed by atoms with Gasteiger partial charge < -0.3 is 5.73 Å². The number of aryl methyl sites for hydroxylation is 1. The van der Waals surface area contributed by atoms with Gasteiger partial charge in [-0.2, -0.15) is 0 Å². The first kappa shape index (κ1) is 11.6. The van der Waals surface area contributed by atoms with Gasteiger partial charge in [-0.05, 0) is 18.6 Å². The fourth-order valence-electron chi connectivity index (χ4n) is 1.49. The van der Waals surface area contributed by atoms with E-state index in [0.29, 0.717) is 0 Å². The van der Waals surface area contributed by atoms with E-state index in [1.807, 2.05) is 24.3 Å². The van der Waals surface area contributed by atoms with E-state index in [9.17, 15) is 0 Å². The number of benzene rings is 2.